The van der Waals surface area contributed by atoms with E-state index in [1.54, 1.807) is 4.90 Å². The summed E-state index contributed by atoms with van der Waals surface area (Å²) < 4.78 is 12.3. The van der Waals surface area contributed by atoms with E-state index in [0.717, 1.165) is 43.9 Å². The van der Waals surface area contributed by atoms with Crippen LogP contribution in [0.5, 0.6) is 5.75 Å². The number of carbonyl (C=O) groups excluding carboxylic acids is 1. The van der Waals surface area contributed by atoms with Gasteiger partial charge in [-0.05, 0) is 106 Å². The van der Waals surface area contributed by atoms with E-state index in [4.69, 9.17) is 21.1 Å². The number of nitrogens with zero attached hydrogens (tertiary/aromatic N) is 2. The van der Waals surface area contributed by atoms with E-state index in [0.29, 0.717) is 36.6 Å². The van der Waals surface area contributed by atoms with E-state index in [1.165, 1.54) is 22.9 Å². The van der Waals surface area contributed by atoms with Gasteiger partial charge in [0.1, 0.15) is 5.75 Å². The highest BCUT2D eigenvalue weighted by atomic mass is 79.9. The summed E-state index contributed by atoms with van der Waals surface area (Å²) in [6, 6.07) is 13.7. The summed E-state index contributed by atoms with van der Waals surface area (Å²) in [5.74, 6) is 1.99. The van der Waals surface area contributed by atoms with Crippen molar-refractivity contribution in [2.75, 3.05) is 44.3 Å². The predicted octanol–water partition coefficient (Wildman–Crippen LogP) is 6.42. The van der Waals surface area contributed by atoms with Gasteiger partial charge in [0.15, 0.2) is 0 Å². The molecule has 1 amide bonds. The summed E-state index contributed by atoms with van der Waals surface area (Å²) in [6.07, 6.45) is 4.27. The van der Waals surface area contributed by atoms with Gasteiger partial charge in [-0.25, -0.2) is 4.79 Å². The van der Waals surface area contributed by atoms with Gasteiger partial charge in [-0.1, -0.05) is 27.5 Å². The van der Waals surface area contributed by atoms with Gasteiger partial charge in [-0.15, -0.1) is 0 Å². The number of carbonyl (C=O) groups is 1. The van der Waals surface area contributed by atoms with E-state index < -0.39 is 0 Å². The van der Waals surface area contributed by atoms with E-state index in [-0.39, 0.29) is 6.09 Å². The number of hydrogen-bond donors (Lipinski definition) is 0. The SMILES string of the molecule is CCOc1ccc(Br)c(CC2CCN(CCC3COC(=O)N(c4ccc(Cl)cc4)C3)CC2)c1. The van der Waals surface area contributed by atoms with Crippen LogP contribution in [-0.2, 0) is 11.2 Å². The molecule has 2 aliphatic rings. The summed E-state index contributed by atoms with van der Waals surface area (Å²) in [5.41, 5.74) is 2.18. The largest absolute Gasteiger partial charge is 0.494 e. The Balaban J connectivity index is 1.23. The molecular weight excluding hydrogens is 504 g/mol. The van der Waals surface area contributed by atoms with Crippen molar-refractivity contribution in [1.82, 2.24) is 4.90 Å². The van der Waals surface area contributed by atoms with Gasteiger partial charge >= 0.3 is 6.09 Å². The Bertz CT molecular complexity index is 932. The first kappa shape index (κ1) is 24.4. The van der Waals surface area contributed by atoms with Crippen LogP contribution in [0.4, 0.5) is 10.5 Å². The molecule has 33 heavy (non-hydrogen) atoms. The molecule has 1 unspecified atom stereocenters. The molecule has 7 heteroatoms. The van der Waals surface area contributed by atoms with Gasteiger partial charge in [-0.2, -0.15) is 0 Å². The molecule has 2 heterocycles. The zero-order chi connectivity index (χ0) is 23.2. The molecule has 178 valence electrons. The van der Waals surface area contributed by atoms with E-state index >= 15 is 0 Å². The van der Waals surface area contributed by atoms with E-state index in [1.807, 2.05) is 37.3 Å². The fourth-order valence-corrected chi connectivity index (χ4v) is 5.25. The van der Waals surface area contributed by atoms with E-state index in [9.17, 15) is 4.79 Å². The number of amides is 1. The summed E-state index contributed by atoms with van der Waals surface area (Å²) in [7, 11) is 0. The number of ether oxygens (including phenoxy) is 2. The minimum Gasteiger partial charge on any atom is -0.494 e. The number of cyclic esters (lactones) is 1. The quantitative estimate of drug-likeness (QED) is 0.391. The number of likely N-dealkylation sites (tertiary alicyclic amines) is 1. The lowest BCUT2D eigenvalue weighted by Crippen LogP contribution is -2.44. The van der Waals surface area contributed by atoms with Crippen LogP contribution in [0.25, 0.3) is 0 Å². The van der Waals surface area contributed by atoms with Crippen molar-refractivity contribution in [2.24, 2.45) is 11.8 Å². The molecule has 2 saturated heterocycles. The Morgan fingerprint density at radius 2 is 1.88 bits per heavy atom. The third-order valence-electron chi connectivity index (χ3n) is 6.64. The Hall–Kier alpha value is -1.76. The van der Waals surface area contributed by atoms with Crippen LogP contribution < -0.4 is 9.64 Å². The van der Waals surface area contributed by atoms with Gasteiger partial charge in [0, 0.05) is 27.6 Å². The minimum absolute atomic E-state index is 0.269. The lowest BCUT2D eigenvalue weighted by molar-refractivity contribution is 0.103. The third kappa shape index (κ3) is 6.65. The molecule has 0 bridgehead atoms. The second kappa shape index (κ2) is 11.6. The Morgan fingerprint density at radius 3 is 2.61 bits per heavy atom. The van der Waals surface area contributed by atoms with Crippen LogP contribution in [0.2, 0.25) is 5.02 Å². The Kier molecular flexibility index (Phi) is 8.55. The van der Waals surface area contributed by atoms with E-state index in [2.05, 4.69) is 33.0 Å². The molecule has 0 radical (unpaired) electrons. The molecule has 0 aromatic heterocycles. The molecule has 0 saturated carbocycles. The summed E-state index contributed by atoms with van der Waals surface area (Å²) in [6.45, 7) is 7.21. The van der Waals surface area contributed by atoms with Gasteiger partial charge in [-0.3, -0.25) is 4.90 Å². The normalized spacial score (nSPS) is 20.0. The number of anilines is 1. The van der Waals surface area contributed by atoms with Crippen molar-refractivity contribution in [1.29, 1.82) is 0 Å². The molecule has 0 aliphatic carbocycles. The van der Waals surface area contributed by atoms with Crippen LogP contribution in [0.3, 0.4) is 0 Å². The Morgan fingerprint density at radius 1 is 1.12 bits per heavy atom. The highest BCUT2D eigenvalue weighted by molar-refractivity contribution is 9.10. The van der Waals surface area contributed by atoms with Crippen molar-refractivity contribution in [3.05, 3.63) is 57.5 Å². The van der Waals surface area contributed by atoms with Crippen molar-refractivity contribution >= 4 is 39.3 Å². The molecule has 2 fully saturated rings. The maximum absolute atomic E-state index is 12.2. The zero-order valence-corrected chi connectivity index (χ0v) is 21.5. The van der Waals surface area contributed by atoms with Crippen molar-refractivity contribution < 1.29 is 14.3 Å². The molecule has 0 spiro atoms. The molecule has 4 rings (SSSR count). The predicted molar refractivity (Wildman–Crippen MR) is 136 cm³/mol. The first-order valence-electron chi connectivity index (χ1n) is 11.8. The molecular formula is C26H32BrClN2O3. The average Bonchev–Trinajstić information content (AvgIpc) is 2.82. The summed E-state index contributed by atoms with van der Waals surface area (Å²) in [5, 5.41) is 0.665. The standard InChI is InChI=1S/C26H32BrClN2O3/c1-2-32-24-7-8-25(27)21(16-24)15-19-9-12-29(13-10-19)14-11-20-17-30(26(31)33-18-20)23-5-3-22(28)4-6-23/h3-8,16,19-20H,2,9-15,17-18H2,1H3. The van der Waals surface area contributed by atoms with Crippen molar-refractivity contribution in [3.8, 4) is 5.75 Å². The average molecular weight is 536 g/mol. The Labute approximate surface area is 210 Å². The minimum atomic E-state index is -0.269. The fraction of sp³-hybridized carbons (Fsp3) is 0.500. The molecule has 1 atom stereocenters. The van der Waals surface area contributed by atoms with Crippen LogP contribution >= 0.6 is 27.5 Å². The van der Waals surface area contributed by atoms with Gasteiger partial charge in [0.05, 0.1) is 13.2 Å². The first-order valence-corrected chi connectivity index (χ1v) is 13.0. The molecule has 0 N–H and O–H groups in total. The lowest BCUT2D eigenvalue weighted by atomic mass is 9.90. The third-order valence-corrected chi connectivity index (χ3v) is 7.67. The molecule has 5 nitrogen and oxygen atoms in total. The number of halogens is 2. The van der Waals surface area contributed by atoms with Crippen LogP contribution in [-0.4, -0.2) is 50.4 Å². The van der Waals surface area contributed by atoms with Crippen molar-refractivity contribution in [2.45, 2.75) is 32.6 Å². The van der Waals surface area contributed by atoms with Crippen LogP contribution in [0, 0.1) is 11.8 Å². The highest BCUT2D eigenvalue weighted by Crippen LogP contribution is 2.29. The van der Waals surface area contributed by atoms with Crippen molar-refractivity contribution in [3.63, 3.8) is 0 Å². The maximum atomic E-state index is 12.2. The molecule has 2 aromatic rings. The van der Waals surface area contributed by atoms with Crippen LogP contribution in [0.1, 0.15) is 31.7 Å². The topological polar surface area (TPSA) is 42.0 Å². The summed E-state index contributed by atoms with van der Waals surface area (Å²) >= 11 is 9.69. The highest BCUT2D eigenvalue weighted by Gasteiger charge is 2.29. The maximum Gasteiger partial charge on any atom is 0.414 e. The first-order chi connectivity index (χ1) is 16.0. The van der Waals surface area contributed by atoms with Crippen LogP contribution in [0.15, 0.2) is 46.9 Å². The number of piperidine rings is 1. The monoisotopic (exact) mass is 534 g/mol. The summed E-state index contributed by atoms with van der Waals surface area (Å²) in [4.78, 5) is 16.5. The molecule has 2 aliphatic heterocycles. The number of benzene rings is 2. The smallest absolute Gasteiger partial charge is 0.414 e. The number of hydrogen-bond acceptors (Lipinski definition) is 4. The fourth-order valence-electron chi connectivity index (χ4n) is 4.71. The second-order valence-corrected chi connectivity index (χ2v) is 10.3. The molecule has 2 aromatic carbocycles. The number of rotatable bonds is 8. The van der Waals surface area contributed by atoms with Gasteiger partial charge < -0.3 is 14.4 Å². The zero-order valence-electron chi connectivity index (χ0n) is 19.1. The van der Waals surface area contributed by atoms with Gasteiger partial charge in [0.2, 0.25) is 0 Å². The second-order valence-electron chi connectivity index (χ2n) is 8.99. The lowest BCUT2D eigenvalue weighted by Gasteiger charge is -2.35. The van der Waals surface area contributed by atoms with Gasteiger partial charge in [0.25, 0.3) is 0 Å².